The highest BCUT2D eigenvalue weighted by atomic mass is 32.1. The number of para-hydroxylation sites is 1. The molecule has 2 aromatic heterocycles. The summed E-state index contributed by atoms with van der Waals surface area (Å²) in [5.41, 5.74) is 4.97. The predicted octanol–water partition coefficient (Wildman–Crippen LogP) is 7.36. The second kappa shape index (κ2) is 5.20. The van der Waals surface area contributed by atoms with Gasteiger partial charge in [-0.05, 0) is 29.3 Å². The molecule has 1 nitrogen and oxygen atoms in total. The molecule has 2 heteroatoms. The van der Waals surface area contributed by atoms with Gasteiger partial charge >= 0.3 is 0 Å². The van der Waals surface area contributed by atoms with E-state index >= 15 is 0 Å². The van der Waals surface area contributed by atoms with Crippen LogP contribution in [0.4, 0.5) is 0 Å². The van der Waals surface area contributed by atoms with Crippen LogP contribution >= 0.6 is 11.3 Å². The van der Waals surface area contributed by atoms with Crippen molar-refractivity contribution in [2.75, 3.05) is 0 Å². The summed E-state index contributed by atoms with van der Waals surface area (Å²) < 4.78 is 2.72. The SMILES string of the molecule is c1ccc(-c2ccc3c(c2)sc2c3ccc3[nH]c4ccccc4c32)cc1. The first-order chi connectivity index (χ1) is 12.9. The molecule has 0 saturated heterocycles. The topological polar surface area (TPSA) is 15.8 Å². The molecule has 0 fully saturated rings. The zero-order valence-electron chi connectivity index (χ0n) is 14.0. The average Bonchev–Trinajstić information content (AvgIpc) is 3.25. The summed E-state index contributed by atoms with van der Waals surface area (Å²) in [4.78, 5) is 3.56. The minimum atomic E-state index is 1.21. The maximum atomic E-state index is 3.56. The Balaban J connectivity index is 1.72. The molecule has 2 heterocycles. The molecule has 26 heavy (non-hydrogen) atoms. The lowest BCUT2D eigenvalue weighted by atomic mass is 10.0. The van der Waals surface area contributed by atoms with E-state index in [4.69, 9.17) is 0 Å². The monoisotopic (exact) mass is 349 g/mol. The fraction of sp³-hybridized carbons (Fsp3) is 0. The summed E-state index contributed by atoms with van der Waals surface area (Å²) in [6, 6.07) is 30.5. The Morgan fingerprint density at radius 3 is 2.31 bits per heavy atom. The van der Waals surface area contributed by atoms with Crippen LogP contribution in [0.5, 0.6) is 0 Å². The average molecular weight is 349 g/mol. The van der Waals surface area contributed by atoms with Crippen molar-refractivity contribution in [3.63, 3.8) is 0 Å². The fourth-order valence-electron chi connectivity index (χ4n) is 3.98. The van der Waals surface area contributed by atoms with Gasteiger partial charge in [-0.3, -0.25) is 0 Å². The number of hydrogen-bond donors (Lipinski definition) is 1. The van der Waals surface area contributed by atoms with Gasteiger partial charge in [-0.1, -0.05) is 66.7 Å². The number of thiophene rings is 1. The Hall–Kier alpha value is -3.10. The number of hydrogen-bond acceptors (Lipinski definition) is 1. The van der Waals surface area contributed by atoms with E-state index in [-0.39, 0.29) is 0 Å². The minimum Gasteiger partial charge on any atom is -0.354 e. The second-order valence-electron chi connectivity index (χ2n) is 6.71. The van der Waals surface area contributed by atoms with Crippen LogP contribution in [-0.4, -0.2) is 4.98 Å². The number of aromatic nitrogens is 1. The van der Waals surface area contributed by atoms with Crippen LogP contribution in [0.1, 0.15) is 0 Å². The molecule has 0 radical (unpaired) electrons. The van der Waals surface area contributed by atoms with Gasteiger partial charge in [-0.2, -0.15) is 0 Å². The molecule has 4 aromatic carbocycles. The van der Waals surface area contributed by atoms with Crippen molar-refractivity contribution < 1.29 is 0 Å². The Labute approximate surface area is 154 Å². The van der Waals surface area contributed by atoms with E-state index in [9.17, 15) is 0 Å². The van der Waals surface area contributed by atoms with E-state index < -0.39 is 0 Å². The van der Waals surface area contributed by atoms with Crippen molar-refractivity contribution >= 4 is 53.3 Å². The zero-order valence-corrected chi connectivity index (χ0v) is 14.8. The molecular weight excluding hydrogens is 334 g/mol. The maximum absolute atomic E-state index is 3.56. The maximum Gasteiger partial charge on any atom is 0.0479 e. The van der Waals surface area contributed by atoms with Gasteiger partial charge in [0, 0.05) is 42.0 Å². The summed E-state index contributed by atoms with van der Waals surface area (Å²) in [7, 11) is 0. The molecule has 122 valence electrons. The van der Waals surface area contributed by atoms with Gasteiger partial charge in [0.05, 0.1) is 0 Å². The van der Waals surface area contributed by atoms with Crippen molar-refractivity contribution in [1.29, 1.82) is 0 Å². The third-order valence-electron chi connectivity index (χ3n) is 5.21. The number of nitrogens with one attached hydrogen (secondary N) is 1. The summed E-state index contributed by atoms with van der Waals surface area (Å²) in [6.07, 6.45) is 0. The van der Waals surface area contributed by atoms with Crippen LogP contribution in [-0.2, 0) is 0 Å². The van der Waals surface area contributed by atoms with Crippen molar-refractivity contribution in [2.45, 2.75) is 0 Å². The first-order valence-electron chi connectivity index (χ1n) is 8.79. The van der Waals surface area contributed by atoms with Gasteiger partial charge in [0.15, 0.2) is 0 Å². The van der Waals surface area contributed by atoms with Crippen molar-refractivity contribution in [3.8, 4) is 11.1 Å². The first kappa shape index (κ1) is 14.1. The van der Waals surface area contributed by atoms with E-state index in [2.05, 4.69) is 89.9 Å². The smallest absolute Gasteiger partial charge is 0.0479 e. The van der Waals surface area contributed by atoms with Crippen LogP contribution in [0.3, 0.4) is 0 Å². The molecule has 0 atom stereocenters. The predicted molar refractivity (Wildman–Crippen MR) is 114 cm³/mol. The molecule has 0 aliphatic rings. The highest BCUT2D eigenvalue weighted by Gasteiger charge is 2.13. The first-order valence-corrected chi connectivity index (χ1v) is 9.61. The minimum absolute atomic E-state index is 1.21. The van der Waals surface area contributed by atoms with Gasteiger partial charge in [-0.25, -0.2) is 0 Å². The van der Waals surface area contributed by atoms with Crippen molar-refractivity contribution in [2.24, 2.45) is 0 Å². The number of H-pyrrole nitrogens is 1. The molecule has 6 rings (SSSR count). The Bertz CT molecular complexity index is 1420. The van der Waals surface area contributed by atoms with Gasteiger partial charge in [0.2, 0.25) is 0 Å². The van der Waals surface area contributed by atoms with E-state index in [1.807, 2.05) is 11.3 Å². The summed E-state index contributed by atoms with van der Waals surface area (Å²) >= 11 is 1.90. The van der Waals surface area contributed by atoms with Gasteiger partial charge in [0.25, 0.3) is 0 Å². The molecule has 0 saturated carbocycles. The molecular formula is C24H15NS. The summed E-state index contributed by atoms with van der Waals surface area (Å²) in [6.45, 7) is 0. The fourth-order valence-corrected chi connectivity index (χ4v) is 5.28. The summed E-state index contributed by atoms with van der Waals surface area (Å²) in [5, 5.41) is 5.35. The van der Waals surface area contributed by atoms with Gasteiger partial charge in [0.1, 0.15) is 0 Å². The van der Waals surface area contributed by atoms with E-state index in [0.29, 0.717) is 0 Å². The highest BCUT2D eigenvalue weighted by Crippen LogP contribution is 2.42. The van der Waals surface area contributed by atoms with Crippen LogP contribution in [0.25, 0.3) is 53.1 Å². The number of benzene rings is 4. The van der Waals surface area contributed by atoms with E-state index in [0.717, 1.165) is 0 Å². The van der Waals surface area contributed by atoms with Crippen LogP contribution in [0.15, 0.2) is 84.9 Å². The largest absolute Gasteiger partial charge is 0.354 e. The second-order valence-corrected chi connectivity index (χ2v) is 7.77. The standard InChI is InChI=1S/C24H15NS/c1-2-6-15(7-3-1)16-10-11-17-18-12-13-21-23(24(18)26-22(17)14-16)19-8-4-5-9-20(19)25-21/h1-14,25H. The molecule has 6 aromatic rings. The number of fused-ring (bicyclic) bond motifs is 7. The van der Waals surface area contributed by atoms with Gasteiger partial charge < -0.3 is 4.98 Å². The highest BCUT2D eigenvalue weighted by molar-refractivity contribution is 7.26. The van der Waals surface area contributed by atoms with Crippen molar-refractivity contribution in [3.05, 3.63) is 84.9 Å². The quantitative estimate of drug-likeness (QED) is 0.319. The lowest BCUT2D eigenvalue weighted by Gasteiger charge is -2.01. The summed E-state index contributed by atoms with van der Waals surface area (Å²) in [5.74, 6) is 0. The number of rotatable bonds is 1. The van der Waals surface area contributed by atoms with E-state index in [1.54, 1.807) is 0 Å². The van der Waals surface area contributed by atoms with Crippen LogP contribution in [0.2, 0.25) is 0 Å². The molecule has 0 spiro atoms. The normalized spacial score (nSPS) is 11.8. The van der Waals surface area contributed by atoms with Crippen LogP contribution in [0, 0.1) is 0 Å². The molecule has 0 aliphatic carbocycles. The third-order valence-corrected chi connectivity index (χ3v) is 6.40. The zero-order chi connectivity index (χ0) is 17.1. The lowest BCUT2D eigenvalue weighted by molar-refractivity contribution is 1.55. The van der Waals surface area contributed by atoms with E-state index in [1.165, 1.54) is 53.1 Å². The Morgan fingerprint density at radius 1 is 0.577 bits per heavy atom. The Morgan fingerprint density at radius 2 is 1.38 bits per heavy atom. The number of aromatic amines is 1. The third kappa shape index (κ3) is 1.91. The molecule has 0 unspecified atom stereocenters. The lowest BCUT2D eigenvalue weighted by Crippen LogP contribution is -1.75. The molecule has 1 N–H and O–H groups in total. The van der Waals surface area contributed by atoms with Crippen LogP contribution < -0.4 is 0 Å². The van der Waals surface area contributed by atoms with Crippen molar-refractivity contribution in [1.82, 2.24) is 4.98 Å². The Kier molecular flexibility index (Phi) is 2.82. The van der Waals surface area contributed by atoms with Gasteiger partial charge in [-0.15, -0.1) is 11.3 Å². The molecule has 0 aliphatic heterocycles. The molecule has 0 amide bonds. The molecule has 0 bridgehead atoms.